The summed E-state index contributed by atoms with van der Waals surface area (Å²) in [5.41, 5.74) is 0. The van der Waals surface area contributed by atoms with Crippen molar-refractivity contribution >= 4 is 5.97 Å². The Hall–Kier alpha value is -0.570. The molecule has 0 heterocycles. The van der Waals surface area contributed by atoms with Gasteiger partial charge in [-0.05, 0) is 38.9 Å². The van der Waals surface area contributed by atoms with Gasteiger partial charge in [0, 0.05) is 6.92 Å². The highest BCUT2D eigenvalue weighted by Gasteiger charge is 2.01. The summed E-state index contributed by atoms with van der Waals surface area (Å²) >= 11 is 0. The highest BCUT2D eigenvalue weighted by Crippen LogP contribution is 2.11. The van der Waals surface area contributed by atoms with Crippen molar-refractivity contribution in [1.82, 2.24) is 4.90 Å². The number of nitrogens with zero attached hydrogens (tertiary/aromatic N) is 1. The Morgan fingerprint density at radius 1 is 0.652 bits per heavy atom. The number of hydrogen-bond donors (Lipinski definition) is 1. The third-order valence-electron chi connectivity index (χ3n) is 3.91. The van der Waals surface area contributed by atoms with Crippen LogP contribution >= 0.6 is 0 Å². The molecule has 3 heteroatoms. The average molecular weight is 330 g/mol. The van der Waals surface area contributed by atoms with E-state index in [-0.39, 0.29) is 0 Å². The molecule has 3 nitrogen and oxygen atoms in total. The quantitative estimate of drug-likeness (QED) is 0.368. The molecule has 0 bridgehead atoms. The Morgan fingerprint density at radius 3 is 1.35 bits per heavy atom. The molecule has 1 N–H and O–H groups in total. The molecule has 0 aromatic rings. The molecule has 0 fully saturated rings. The van der Waals surface area contributed by atoms with Gasteiger partial charge in [-0.2, -0.15) is 0 Å². The van der Waals surface area contributed by atoms with E-state index >= 15 is 0 Å². The predicted octanol–water partition coefficient (Wildman–Crippen LogP) is 6.12. The summed E-state index contributed by atoms with van der Waals surface area (Å²) < 4.78 is 0. The average Bonchev–Trinajstić information content (AvgIpc) is 2.49. The van der Waals surface area contributed by atoms with Crippen molar-refractivity contribution < 1.29 is 9.90 Å². The van der Waals surface area contributed by atoms with Crippen molar-refractivity contribution in [2.45, 2.75) is 105 Å². The summed E-state index contributed by atoms with van der Waals surface area (Å²) in [5, 5.41) is 7.42. The van der Waals surface area contributed by atoms with E-state index in [0.29, 0.717) is 0 Å². The van der Waals surface area contributed by atoms with Crippen LogP contribution in [0.3, 0.4) is 0 Å². The van der Waals surface area contributed by atoms with Crippen molar-refractivity contribution in [3.8, 4) is 0 Å². The minimum atomic E-state index is -0.833. The molecule has 140 valence electrons. The Balaban J connectivity index is 0. The van der Waals surface area contributed by atoms with Crippen LogP contribution in [-0.2, 0) is 4.79 Å². The van der Waals surface area contributed by atoms with Crippen LogP contribution in [0, 0.1) is 0 Å². The van der Waals surface area contributed by atoms with Gasteiger partial charge in [-0.1, -0.05) is 78.6 Å². The number of carbonyl (C=O) groups is 1. The van der Waals surface area contributed by atoms with Gasteiger partial charge in [-0.15, -0.1) is 0 Å². The summed E-state index contributed by atoms with van der Waals surface area (Å²) in [5.74, 6) is -0.833. The maximum Gasteiger partial charge on any atom is 0.300 e. The van der Waals surface area contributed by atoms with Crippen molar-refractivity contribution in [3.63, 3.8) is 0 Å². The Bertz CT molecular complexity index is 222. The number of hydrogen-bond acceptors (Lipinski definition) is 2. The lowest BCUT2D eigenvalue weighted by molar-refractivity contribution is -0.134. The largest absolute Gasteiger partial charge is 0.481 e. The first-order chi connectivity index (χ1) is 11.1. The molecule has 0 aliphatic heterocycles. The first-order valence-corrected chi connectivity index (χ1v) is 10.00. The van der Waals surface area contributed by atoms with Crippen molar-refractivity contribution in [1.29, 1.82) is 0 Å². The predicted molar refractivity (Wildman–Crippen MR) is 102 cm³/mol. The highest BCUT2D eigenvalue weighted by atomic mass is 16.4. The van der Waals surface area contributed by atoms with Gasteiger partial charge in [0.05, 0.1) is 0 Å². The van der Waals surface area contributed by atoms with E-state index < -0.39 is 5.97 Å². The zero-order valence-corrected chi connectivity index (χ0v) is 16.4. The third-order valence-corrected chi connectivity index (χ3v) is 3.91. The Kier molecular flexibility index (Phi) is 23.0. The molecule has 0 rings (SSSR count). The van der Waals surface area contributed by atoms with Crippen LogP contribution in [-0.4, -0.2) is 35.6 Å². The summed E-state index contributed by atoms with van der Waals surface area (Å²) in [4.78, 5) is 11.6. The number of aliphatic carboxylic acids is 1. The number of carboxylic acids is 1. The lowest BCUT2D eigenvalue weighted by Crippen LogP contribution is -2.26. The van der Waals surface area contributed by atoms with Crippen molar-refractivity contribution in [2.24, 2.45) is 0 Å². The molecule has 0 atom stereocenters. The normalized spacial score (nSPS) is 10.5. The lowest BCUT2D eigenvalue weighted by Gasteiger charge is -2.20. The molecule has 0 saturated carbocycles. The molecular formula is C20H43NO2. The molecule has 0 aliphatic rings. The van der Waals surface area contributed by atoms with E-state index in [4.69, 9.17) is 9.90 Å². The van der Waals surface area contributed by atoms with E-state index in [2.05, 4.69) is 25.7 Å². The van der Waals surface area contributed by atoms with E-state index in [9.17, 15) is 0 Å². The molecular weight excluding hydrogens is 286 g/mol. The first-order valence-electron chi connectivity index (χ1n) is 10.00. The summed E-state index contributed by atoms with van der Waals surface area (Å²) in [6.07, 6.45) is 17.1. The molecule has 0 amide bonds. The van der Waals surface area contributed by atoms with Crippen LogP contribution in [0.15, 0.2) is 0 Å². The van der Waals surface area contributed by atoms with Gasteiger partial charge in [0.15, 0.2) is 0 Å². The van der Waals surface area contributed by atoms with Crippen molar-refractivity contribution in [3.05, 3.63) is 0 Å². The van der Waals surface area contributed by atoms with E-state index in [1.807, 2.05) is 0 Å². The zero-order chi connectivity index (χ0) is 17.8. The Labute approximate surface area is 145 Å². The first kappa shape index (κ1) is 24.7. The second kappa shape index (κ2) is 21.4. The number of carboxylic acid groups (broad SMARTS) is 1. The number of unbranched alkanes of at least 4 members (excludes halogenated alkanes) is 9. The van der Waals surface area contributed by atoms with E-state index in [1.54, 1.807) is 0 Å². The second-order valence-corrected chi connectivity index (χ2v) is 6.54. The van der Waals surface area contributed by atoms with E-state index in [0.717, 1.165) is 6.92 Å². The Morgan fingerprint density at radius 2 is 1.00 bits per heavy atom. The molecule has 0 aromatic carbocycles. The summed E-state index contributed by atoms with van der Waals surface area (Å²) in [6.45, 7) is 11.9. The molecule has 23 heavy (non-hydrogen) atoms. The summed E-state index contributed by atoms with van der Waals surface area (Å²) in [6, 6.07) is 0. The van der Waals surface area contributed by atoms with Crippen LogP contribution in [0.25, 0.3) is 0 Å². The van der Waals surface area contributed by atoms with E-state index in [1.165, 1.54) is 96.7 Å². The van der Waals surface area contributed by atoms with Gasteiger partial charge in [-0.3, -0.25) is 4.79 Å². The minimum absolute atomic E-state index is 0.833. The van der Waals surface area contributed by atoms with Gasteiger partial charge >= 0.3 is 0 Å². The molecule has 0 unspecified atom stereocenters. The van der Waals surface area contributed by atoms with Gasteiger partial charge in [0.25, 0.3) is 5.97 Å². The fraction of sp³-hybridized carbons (Fsp3) is 0.950. The van der Waals surface area contributed by atoms with Gasteiger partial charge < -0.3 is 10.0 Å². The van der Waals surface area contributed by atoms with Crippen LogP contribution in [0.5, 0.6) is 0 Å². The molecule has 0 aromatic heterocycles. The SMILES string of the molecule is CC(=O)O.CCCCCCCCCCCCN(CCC)CCC. The standard InChI is InChI=1S/C18H39N.C2H4O2/c1-4-7-8-9-10-11-12-13-14-15-18-19(16-5-2)17-6-3;1-2(3)4/h4-18H2,1-3H3;1H3,(H,3,4). The minimum Gasteiger partial charge on any atom is -0.481 e. The van der Waals surface area contributed by atoms with Crippen molar-refractivity contribution in [2.75, 3.05) is 19.6 Å². The number of rotatable bonds is 15. The van der Waals surface area contributed by atoms with Crippen LogP contribution in [0.2, 0.25) is 0 Å². The molecule has 0 saturated heterocycles. The van der Waals surface area contributed by atoms with Crippen LogP contribution in [0.1, 0.15) is 105 Å². The second-order valence-electron chi connectivity index (χ2n) is 6.54. The fourth-order valence-corrected chi connectivity index (χ4v) is 2.79. The smallest absolute Gasteiger partial charge is 0.300 e. The monoisotopic (exact) mass is 329 g/mol. The molecule has 0 aliphatic carbocycles. The van der Waals surface area contributed by atoms with Crippen LogP contribution < -0.4 is 0 Å². The topological polar surface area (TPSA) is 40.5 Å². The maximum absolute atomic E-state index is 9.00. The maximum atomic E-state index is 9.00. The highest BCUT2D eigenvalue weighted by molar-refractivity contribution is 5.62. The lowest BCUT2D eigenvalue weighted by atomic mass is 10.1. The third kappa shape index (κ3) is 26.6. The molecule has 0 radical (unpaired) electrons. The summed E-state index contributed by atoms with van der Waals surface area (Å²) in [7, 11) is 0. The fourth-order valence-electron chi connectivity index (χ4n) is 2.79. The van der Waals surface area contributed by atoms with Gasteiger partial charge in [0.1, 0.15) is 0 Å². The zero-order valence-electron chi connectivity index (χ0n) is 16.4. The van der Waals surface area contributed by atoms with Gasteiger partial charge in [-0.25, -0.2) is 0 Å². The van der Waals surface area contributed by atoms with Gasteiger partial charge in [0.2, 0.25) is 0 Å². The molecule has 0 spiro atoms. The van der Waals surface area contributed by atoms with Crippen LogP contribution in [0.4, 0.5) is 0 Å².